The lowest BCUT2D eigenvalue weighted by Crippen LogP contribution is -2.62. The molecule has 7 rings (SSSR count). The maximum absolute atomic E-state index is 13.5. The molecule has 8 nitrogen and oxygen atoms in total. The van der Waals surface area contributed by atoms with E-state index < -0.39 is 29.8 Å². The molecule has 0 spiro atoms. The Morgan fingerprint density at radius 1 is 0.780 bits per heavy atom. The van der Waals surface area contributed by atoms with Gasteiger partial charge in [0.05, 0.1) is 42.7 Å². The van der Waals surface area contributed by atoms with Gasteiger partial charge in [-0.3, -0.25) is 0 Å². The topological polar surface area (TPSA) is 92.7 Å². The molecule has 0 amide bonds. The molecule has 1 aromatic carbocycles. The highest BCUT2D eigenvalue weighted by Crippen LogP contribution is 2.66. The van der Waals surface area contributed by atoms with Gasteiger partial charge in [0, 0.05) is 24.5 Å². The molecule has 10 unspecified atom stereocenters. The van der Waals surface area contributed by atoms with Gasteiger partial charge in [0.15, 0.2) is 6.29 Å². The summed E-state index contributed by atoms with van der Waals surface area (Å²) in [5.74, 6) is 1.73. The number of fused-ring (bicyclic) bond motifs is 5. The molecule has 2 heterocycles. The molecule has 1 N–H and O–H groups in total. The highest BCUT2D eigenvalue weighted by atomic mass is 16.7. The maximum Gasteiger partial charge on any atom is 0.345 e. The van der Waals surface area contributed by atoms with E-state index in [-0.39, 0.29) is 33.5 Å². The van der Waals surface area contributed by atoms with E-state index in [9.17, 15) is 9.90 Å². The summed E-state index contributed by atoms with van der Waals surface area (Å²) in [6.07, 6.45) is 9.12. The van der Waals surface area contributed by atoms with E-state index in [0.717, 1.165) is 38.5 Å². The summed E-state index contributed by atoms with van der Waals surface area (Å²) in [5.41, 5.74) is 1.43. The van der Waals surface area contributed by atoms with E-state index in [1.165, 1.54) is 25.7 Å². The molecule has 4 saturated carbocycles. The first-order valence-corrected chi connectivity index (χ1v) is 19.5. The number of methoxy groups -OCH3 is 2. The number of esters is 1. The number of benzene rings is 1. The van der Waals surface area contributed by atoms with E-state index in [2.05, 4.69) is 48.5 Å². The lowest BCUT2D eigenvalue weighted by Gasteiger charge is -2.63. The summed E-state index contributed by atoms with van der Waals surface area (Å²) in [5, 5.41) is 12.0. The molecule has 8 heteroatoms. The zero-order chi connectivity index (χ0) is 36.2. The third-order valence-corrected chi connectivity index (χ3v) is 15.7. The van der Waals surface area contributed by atoms with Crippen LogP contribution in [0.4, 0.5) is 0 Å². The van der Waals surface area contributed by atoms with Crippen LogP contribution in [0.2, 0.25) is 0 Å². The third-order valence-electron chi connectivity index (χ3n) is 15.7. The van der Waals surface area contributed by atoms with Crippen molar-refractivity contribution in [1.82, 2.24) is 0 Å². The third kappa shape index (κ3) is 5.30. The molecule has 1 aromatic rings. The molecule has 10 atom stereocenters. The average molecular weight is 697 g/mol. The van der Waals surface area contributed by atoms with Crippen LogP contribution in [0.25, 0.3) is 0 Å². The van der Waals surface area contributed by atoms with Crippen LogP contribution in [0.3, 0.4) is 0 Å². The fourth-order valence-corrected chi connectivity index (χ4v) is 13.3. The minimum Gasteiger partial charge on any atom is -0.495 e. The number of ether oxygens (including phenoxy) is 6. The fourth-order valence-electron chi connectivity index (χ4n) is 13.3. The van der Waals surface area contributed by atoms with Crippen molar-refractivity contribution in [1.29, 1.82) is 0 Å². The Morgan fingerprint density at radius 3 is 2.04 bits per heavy atom. The van der Waals surface area contributed by atoms with Crippen molar-refractivity contribution in [3.63, 3.8) is 0 Å². The van der Waals surface area contributed by atoms with Gasteiger partial charge in [-0.25, -0.2) is 4.79 Å². The number of cyclic esters (lactones) is 1. The SMILES string of the molecule is COc1c(C)c(OCC2C(C)(O)CCC3C(C)(C)CCCC32C)c(C2OCC3C(C)(CCC4C(C)(C)CCCC43C)O2)c2c1C(=O)OC2OC. The summed E-state index contributed by atoms with van der Waals surface area (Å²) >= 11 is 0. The summed E-state index contributed by atoms with van der Waals surface area (Å²) in [7, 11) is 3.12. The van der Waals surface area contributed by atoms with Crippen LogP contribution in [0.15, 0.2) is 0 Å². The number of aliphatic hydroxyl groups is 1. The van der Waals surface area contributed by atoms with Gasteiger partial charge in [-0.15, -0.1) is 0 Å². The molecule has 280 valence electrons. The van der Waals surface area contributed by atoms with Crippen molar-refractivity contribution < 1.29 is 38.3 Å². The molecule has 6 aliphatic rings. The van der Waals surface area contributed by atoms with E-state index in [1.54, 1.807) is 14.2 Å². The summed E-state index contributed by atoms with van der Waals surface area (Å²) < 4.78 is 38.7. The Kier molecular flexibility index (Phi) is 8.81. The van der Waals surface area contributed by atoms with Gasteiger partial charge in [0.1, 0.15) is 17.1 Å². The molecule has 2 aliphatic heterocycles. The van der Waals surface area contributed by atoms with Gasteiger partial charge < -0.3 is 33.5 Å². The summed E-state index contributed by atoms with van der Waals surface area (Å²) in [6, 6.07) is 0. The second-order valence-corrected chi connectivity index (χ2v) is 19.4. The minimum absolute atomic E-state index is 0.0904. The minimum atomic E-state index is -0.951. The van der Waals surface area contributed by atoms with Crippen LogP contribution >= 0.6 is 0 Å². The predicted molar refractivity (Wildman–Crippen MR) is 191 cm³/mol. The van der Waals surface area contributed by atoms with Crippen molar-refractivity contribution in [2.24, 2.45) is 45.3 Å². The van der Waals surface area contributed by atoms with Gasteiger partial charge in [-0.1, -0.05) is 54.4 Å². The highest BCUT2D eigenvalue weighted by molar-refractivity contribution is 5.98. The first-order valence-electron chi connectivity index (χ1n) is 19.5. The molecule has 5 fully saturated rings. The van der Waals surface area contributed by atoms with E-state index in [4.69, 9.17) is 28.4 Å². The van der Waals surface area contributed by atoms with Gasteiger partial charge in [0.25, 0.3) is 0 Å². The first kappa shape index (κ1) is 36.5. The first-order chi connectivity index (χ1) is 23.3. The second-order valence-electron chi connectivity index (χ2n) is 19.4. The summed E-state index contributed by atoms with van der Waals surface area (Å²) in [6.45, 7) is 21.6. The molecular formula is C42H64O8. The monoisotopic (exact) mass is 696 g/mol. The van der Waals surface area contributed by atoms with Gasteiger partial charge in [0.2, 0.25) is 6.29 Å². The fraction of sp³-hybridized carbons (Fsp3) is 0.833. The lowest BCUT2D eigenvalue weighted by molar-refractivity contribution is -0.326. The Labute approximate surface area is 300 Å². The van der Waals surface area contributed by atoms with Crippen molar-refractivity contribution in [3.8, 4) is 11.5 Å². The highest BCUT2D eigenvalue weighted by Gasteiger charge is 2.62. The van der Waals surface area contributed by atoms with Crippen molar-refractivity contribution >= 4 is 5.97 Å². The zero-order valence-electron chi connectivity index (χ0n) is 32.8. The number of hydrogen-bond donors (Lipinski definition) is 1. The van der Waals surface area contributed by atoms with Crippen LogP contribution in [0.1, 0.15) is 159 Å². The molecule has 0 radical (unpaired) electrons. The van der Waals surface area contributed by atoms with Crippen LogP contribution in [-0.2, 0) is 18.9 Å². The van der Waals surface area contributed by atoms with E-state index >= 15 is 0 Å². The Bertz CT molecular complexity index is 1510. The largest absolute Gasteiger partial charge is 0.495 e. The van der Waals surface area contributed by atoms with Crippen molar-refractivity contribution in [3.05, 3.63) is 22.3 Å². The quantitative estimate of drug-likeness (QED) is 0.295. The average Bonchev–Trinajstić information content (AvgIpc) is 3.34. The Balaban J connectivity index is 1.30. The standard InChI is InChI=1S/C42H64O8/c1-24-32(45-10)30-29(35(46-11)49-34(30)43)31(33(24)47-22-27-39(6)18-12-16-37(2,3)25(39)14-20-41(27,8)44)36-48-23-28-40(7)19-13-17-38(4,5)26(40)15-21-42(28,9)50-36/h25-28,35-36,44H,12-23H2,1-11H3. The molecule has 0 aromatic heterocycles. The Morgan fingerprint density at radius 2 is 1.40 bits per heavy atom. The second kappa shape index (κ2) is 12.1. The van der Waals surface area contributed by atoms with E-state index in [1.807, 2.05) is 13.8 Å². The summed E-state index contributed by atoms with van der Waals surface area (Å²) in [4.78, 5) is 13.5. The lowest BCUT2D eigenvalue weighted by atomic mass is 9.45. The zero-order valence-corrected chi connectivity index (χ0v) is 32.8. The number of carbonyl (C=O) groups is 1. The normalized spacial score (nSPS) is 43.2. The van der Waals surface area contributed by atoms with Crippen molar-refractivity contribution in [2.75, 3.05) is 27.4 Å². The smallest absolute Gasteiger partial charge is 0.345 e. The number of carbonyl (C=O) groups excluding carboxylic acids is 1. The van der Waals surface area contributed by atoms with Gasteiger partial charge >= 0.3 is 5.97 Å². The van der Waals surface area contributed by atoms with E-state index in [0.29, 0.717) is 58.8 Å². The van der Waals surface area contributed by atoms with Gasteiger partial charge in [-0.05, 0) is 106 Å². The number of hydrogen-bond acceptors (Lipinski definition) is 8. The maximum atomic E-state index is 13.5. The van der Waals surface area contributed by atoms with Crippen LogP contribution < -0.4 is 9.47 Å². The Hall–Kier alpha value is -1.87. The molecule has 1 saturated heterocycles. The molecule has 4 aliphatic carbocycles. The van der Waals surface area contributed by atoms with Crippen LogP contribution in [0.5, 0.6) is 11.5 Å². The number of rotatable bonds is 6. The van der Waals surface area contributed by atoms with Crippen molar-refractivity contribution in [2.45, 2.75) is 150 Å². The molecule has 0 bridgehead atoms. The van der Waals surface area contributed by atoms with Crippen LogP contribution in [-0.4, -0.2) is 49.7 Å². The molecular weight excluding hydrogens is 632 g/mol. The van der Waals surface area contributed by atoms with Crippen LogP contribution in [0, 0.1) is 52.3 Å². The predicted octanol–water partition coefficient (Wildman–Crippen LogP) is 9.24. The molecule has 50 heavy (non-hydrogen) atoms. The van der Waals surface area contributed by atoms with Gasteiger partial charge in [-0.2, -0.15) is 0 Å².